The first-order valence-electron chi connectivity index (χ1n) is 7.69. The van der Waals surface area contributed by atoms with Crippen molar-refractivity contribution in [1.29, 1.82) is 0 Å². The van der Waals surface area contributed by atoms with Gasteiger partial charge < -0.3 is 9.47 Å². The maximum Gasteiger partial charge on any atom is 0.273 e. The second kappa shape index (κ2) is 7.71. The van der Waals surface area contributed by atoms with Gasteiger partial charge in [0.15, 0.2) is 0 Å². The minimum Gasteiger partial charge on any atom is -0.497 e. The molecule has 2 aromatic carbocycles. The Morgan fingerprint density at radius 1 is 1.12 bits per heavy atom. The molecule has 0 aromatic heterocycles. The molecule has 9 heteroatoms. The van der Waals surface area contributed by atoms with Crippen molar-refractivity contribution in [1.82, 2.24) is 4.72 Å². The summed E-state index contributed by atoms with van der Waals surface area (Å²) in [5.74, 6) is 1.05. The Labute approximate surface area is 152 Å². The molecule has 0 aliphatic rings. The number of nitro benzene ring substituents is 1. The van der Waals surface area contributed by atoms with Crippen molar-refractivity contribution in [3.63, 3.8) is 0 Å². The number of nitrogens with one attached hydrogen (secondary N) is 1. The van der Waals surface area contributed by atoms with Crippen molar-refractivity contribution in [2.24, 2.45) is 0 Å². The van der Waals surface area contributed by atoms with Crippen LogP contribution in [0.2, 0.25) is 0 Å². The van der Waals surface area contributed by atoms with E-state index >= 15 is 0 Å². The normalized spacial score (nSPS) is 12.5. The van der Waals surface area contributed by atoms with E-state index in [4.69, 9.17) is 9.47 Å². The molecule has 140 valence electrons. The molecule has 2 aromatic rings. The van der Waals surface area contributed by atoms with Gasteiger partial charge in [0.25, 0.3) is 5.69 Å². The van der Waals surface area contributed by atoms with Gasteiger partial charge >= 0.3 is 0 Å². The van der Waals surface area contributed by atoms with Crippen LogP contribution in [0.4, 0.5) is 5.69 Å². The largest absolute Gasteiger partial charge is 0.497 e. The van der Waals surface area contributed by atoms with Crippen molar-refractivity contribution in [2.45, 2.75) is 24.8 Å². The average Bonchev–Trinajstić information content (AvgIpc) is 2.60. The predicted octanol–water partition coefficient (Wildman–Crippen LogP) is 2.96. The Kier molecular flexibility index (Phi) is 5.83. The van der Waals surface area contributed by atoms with Gasteiger partial charge in [-0.15, -0.1) is 0 Å². The zero-order valence-corrected chi connectivity index (χ0v) is 15.7. The van der Waals surface area contributed by atoms with Crippen LogP contribution in [0.15, 0.2) is 41.3 Å². The number of methoxy groups -OCH3 is 2. The summed E-state index contributed by atoms with van der Waals surface area (Å²) < 4.78 is 38.3. The van der Waals surface area contributed by atoms with Crippen LogP contribution in [0.3, 0.4) is 0 Å². The fourth-order valence-electron chi connectivity index (χ4n) is 2.50. The molecule has 1 N–H and O–H groups in total. The Morgan fingerprint density at radius 2 is 1.81 bits per heavy atom. The first-order chi connectivity index (χ1) is 12.2. The van der Waals surface area contributed by atoms with E-state index in [0.717, 1.165) is 6.07 Å². The summed E-state index contributed by atoms with van der Waals surface area (Å²) >= 11 is 0. The first-order valence-corrected chi connectivity index (χ1v) is 9.17. The van der Waals surface area contributed by atoms with Gasteiger partial charge in [-0.2, -0.15) is 0 Å². The number of nitro groups is 1. The maximum atomic E-state index is 12.7. The van der Waals surface area contributed by atoms with Gasteiger partial charge in [0.2, 0.25) is 10.0 Å². The van der Waals surface area contributed by atoms with Crippen molar-refractivity contribution in [3.8, 4) is 11.5 Å². The fraction of sp³-hybridized carbons (Fsp3) is 0.294. The van der Waals surface area contributed by atoms with E-state index in [2.05, 4.69) is 4.72 Å². The molecule has 1 atom stereocenters. The summed E-state index contributed by atoms with van der Waals surface area (Å²) in [5, 5.41) is 11.1. The van der Waals surface area contributed by atoms with Crippen LogP contribution in [0.1, 0.15) is 24.1 Å². The number of rotatable bonds is 7. The summed E-state index contributed by atoms with van der Waals surface area (Å²) in [6.45, 7) is 3.20. The van der Waals surface area contributed by atoms with E-state index < -0.39 is 21.0 Å². The molecule has 0 amide bonds. The third kappa shape index (κ3) is 4.12. The number of hydrogen-bond acceptors (Lipinski definition) is 6. The summed E-state index contributed by atoms with van der Waals surface area (Å²) in [4.78, 5) is 10.3. The number of nitrogens with zero attached hydrogens (tertiary/aromatic N) is 1. The van der Waals surface area contributed by atoms with Gasteiger partial charge in [0.05, 0.1) is 24.0 Å². The van der Waals surface area contributed by atoms with Crippen molar-refractivity contribution in [2.75, 3.05) is 14.2 Å². The van der Waals surface area contributed by atoms with E-state index in [1.807, 2.05) is 0 Å². The van der Waals surface area contributed by atoms with Crippen LogP contribution in [-0.2, 0) is 10.0 Å². The summed E-state index contributed by atoms with van der Waals surface area (Å²) in [6.07, 6.45) is 0. The smallest absolute Gasteiger partial charge is 0.273 e. The molecule has 0 radical (unpaired) electrons. The molecule has 0 spiro atoms. The van der Waals surface area contributed by atoms with Crippen LogP contribution in [0.25, 0.3) is 0 Å². The lowest BCUT2D eigenvalue weighted by Crippen LogP contribution is -2.27. The van der Waals surface area contributed by atoms with Crippen LogP contribution in [0, 0.1) is 17.0 Å². The van der Waals surface area contributed by atoms with Crippen LogP contribution < -0.4 is 14.2 Å². The average molecular weight is 380 g/mol. The van der Waals surface area contributed by atoms with E-state index in [-0.39, 0.29) is 10.6 Å². The lowest BCUT2D eigenvalue weighted by Gasteiger charge is -2.18. The number of benzene rings is 2. The van der Waals surface area contributed by atoms with Crippen LogP contribution in [-0.4, -0.2) is 27.6 Å². The highest BCUT2D eigenvalue weighted by atomic mass is 32.2. The van der Waals surface area contributed by atoms with Crippen molar-refractivity contribution < 1.29 is 22.8 Å². The second-order valence-corrected chi connectivity index (χ2v) is 7.37. The molecule has 26 heavy (non-hydrogen) atoms. The summed E-state index contributed by atoms with van der Waals surface area (Å²) in [5.41, 5.74) is 0.716. The minimum atomic E-state index is -3.98. The molecular weight excluding hydrogens is 360 g/mol. The minimum absolute atomic E-state index is 0.177. The highest BCUT2D eigenvalue weighted by Gasteiger charge is 2.23. The van der Waals surface area contributed by atoms with Gasteiger partial charge in [-0.25, -0.2) is 13.1 Å². The standard InChI is InChI=1S/C17H20N2O6S/c1-11-5-7-14(10-16(11)19(20)21)26(22,23)18-12(2)15-9-13(24-3)6-8-17(15)25-4/h5-10,12,18H,1-4H3/t12-/m0/s1. The zero-order valence-electron chi connectivity index (χ0n) is 14.8. The van der Waals surface area contributed by atoms with E-state index in [9.17, 15) is 18.5 Å². The predicted molar refractivity (Wildman–Crippen MR) is 96.1 cm³/mol. The van der Waals surface area contributed by atoms with Gasteiger partial charge in [0.1, 0.15) is 11.5 Å². The molecule has 0 saturated heterocycles. The van der Waals surface area contributed by atoms with E-state index in [1.165, 1.54) is 26.4 Å². The lowest BCUT2D eigenvalue weighted by atomic mass is 10.1. The molecule has 2 rings (SSSR count). The Bertz CT molecular complexity index is 927. The number of ether oxygens (including phenoxy) is 2. The Hall–Kier alpha value is -2.65. The zero-order chi connectivity index (χ0) is 19.5. The SMILES string of the molecule is COc1ccc(OC)c([C@H](C)NS(=O)(=O)c2ccc(C)c([N+](=O)[O-])c2)c1. The Morgan fingerprint density at radius 3 is 2.38 bits per heavy atom. The molecule has 0 unspecified atom stereocenters. The highest BCUT2D eigenvalue weighted by molar-refractivity contribution is 7.89. The molecule has 0 fully saturated rings. The second-order valence-electron chi connectivity index (χ2n) is 5.66. The Balaban J connectivity index is 2.38. The third-order valence-corrected chi connectivity index (χ3v) is 5.46. The summed E-state index contributed by atoms with van der Waals surface area (Å²) in [6, 6.07) is 8.19. The quantitative estimate of drug-likeness (QED) is 0.584. The molecule has 0 bridgehead atoms. The monoisotopic (exact) mass is 380 g/mol. The lowest BCUT2D eigenvalue weighted by molar-refractivity contribution is -0.385. The van der Waals surface area contributed by atoms with Crippen LogP contribution in [0.5, 0.6) is 11.5 Å². The number of hydrogen-bond donors (Lipinski definition) is 1. The van der Waals surface area contributed by atoms with Crippen molar-refractivity contribution >= 4 is 15.7 Å². The highest BCUT2D eigenvalue weighted by Crippen LogP contribution is 2.30. The summed E-state index contributed by atoms with van der Waals surface area (Å²) in [7, 11) is -0.988. The first kappa shape index (κ1) is 19.7. The maximum absolute atomic E-state index is 12.7. The number of aryl methyl sites for hydroxylation is 1. The number of sulfonamides is 1. The van der Waals surface area contributed by atoms with Crippen molar-refractivity contribution in [3.05, 3.63) is 57.6 Å². The molecule has 0 heterocycles. The molecule has 8 nitrogen and oxygen atoms in total. The topological polar surface area (TPSA) is 108 Å². The molecular formula is C17H20N2O6S. The van der Waals surface area contributed by atoms with Gasteiger partial charge in [-0.3, -0.25) is 10.1 Å². The molecule has 0 aliphatic heterocycles. The fourth-order valence-corrected chi connectivity index (χ4v) is 3.74. The van der Waals surface area contributed by atoms with E-state index in [1.54, 1.807) is 32.0 Å². The van der Waals surface area contributed by atoms with E-state index in [0.29, 0.717) is 22.6 Å². The third-order valence-electron chi connectivity index (χ3n) is 3.92. The van der Waals surface area contributed by atoms with Gasteiger partial charge in [0, 0.05) is 23.2 Å². The molecule has 0 aliphatic carbocycles. The molecule has 0 saturated carbocycles. The van der Waals surface area contributed by atoms with Gasteiger partial charge in [-0.1, -0.05) is 6.07 Å². The van der Waals surface area contributed by atoms with Gasteiger partial charge in [-0.05, 0) is 38.1 Å². The van der Waals surface area contributed by atoms with Crippen LogP contribution >= 0.6 is 0 Å².